The molecule has 0 amide bonds. The lowest BCUT2D eigenvalue weighted by atomic mass is 10.0. The Morgan fingerprint density at radius 1 is 1.27 bits per heavy atom. The summed E-state index contributed by atoms with van der Waals surface area (Å²) < 4.78 is 7.90. The Bertz CT molecular complexity index is 538. The number of rotatable bonds is 0. The topological polar surface area (TPSA) is 39.4 Å². The summed E-state index contributed by atoms with van der Waals surface area (Å²) in [6, 6.07) is 0. The first-order valence-electron chi connectivity index (χ1n) is 4.95. The Morgan fingerprint density at radius 2 is 2.00 bits per heavy atom. The van der Waals surface area contributed by atoms with E-state index in [-0.39, 0.29) is 11.2 Å². The Labute approximate surface area is 91.9 Å². The summed E-state index contributed by atoms with van der Waals surface area (Å²) in [5.41, 5.74) is 3.29. The standard InChI is InChI=1S/C10H13N3OS/c1-9(2)6-7(10(3,4)14-9)13-8(12-6)15-5-11-13/h5H,1-4H3. The van der Waals surface area contributed by atoms with Gasteiger partial charge in [-0.1, -0.05) is 11.3 Å². The Balaban J connectivity index is 2.41. The first-order chi connectivity index (χ1) is 6.92. The van der Waals surface area contributed by atoms with Crippen molar-refractivity contribution in [3.63, 3.8) is 0 Å². The van der Waals surface area contributed by atoms with E-state index in [2.05, 4.69) is 37.8 Å². The van der Waals surface area contributed by atoms with Gasteiger partial charge in [-0.25, -0.2) is 9.50 Å². The molecule has 5 heteroatoms. The minimum atomic E-state index is -0.313. The third-order valence-electron chi connectivity index (χ3n) is 2.80. The van der Waals surface area contributed by atoms with Gasteiger partial charge in [-0.15, -0.1) is 0 Å². The highest BCUT2D eigenvalue weighted by molar-refractivity contribution is 7.14. The fourth-order valence-corrected chi connectivity index (χ4v) is 3.01. The maximum Gasteiger partial charge on any atom is 0.212 e. The molecule has 2 aromatic heterocycles. The van der Waals surface area contributed by atoms with Crippen LogP contribution in [0, 0.1) is 0 Å². The van der Waals surface area contributed by atoms with Crippen molar-refractivity contribution in [3.05, 3.63) is 16.9 Å². The van der Waals surface area contributed by atoms with Crippen molar-refractivity contribution in [1.29, 1.82) is 0 Å². The molecule has 2 aromatic rings. The molecule has 0 aliphatic carbocycles. The van der Waals surface area contributed by atoms with E-state index < -0.39 is 0 Å². The lowest BCUT2D eigenvalue weighted by Gasteiger charge is -2.24. The molecule has 0 radical (unpaired) electrons. The number of hydrogen-bond donors (Lipinski definition) is 0. The average molecular weight is 223 g/mol. The third-order valence-corrected chi connectivity index (χ3v) is 3.47. The Kier molecular flexibility index (Phi) is 1.50. The summed E-state index contributed by atoms with van der Waals surface area (Å²) in [5.74, 6) is 0. The molecule has 0 bridgehead atoms. The molecule has 0 fully saturated rings. The average Bonchev–Trinajstić information content (AvgIpc) is 2.58. The molecule has 3 rings (SSSR count). The molecule has 0 atom stereocenters. The van der Waals surface area contributed by atoms with Gasteiger partial charge < -0.3 is 4.74 Å². The smallest absolute Gasteiger partial charge is 0.212 e. The van der Waals surface area contributed by atoms with E-state index in [1.807, 2.05) is 10.0 Å². The van der Waals surface area contributed by atoms with Crippen molar-refractivity contribution >= 4 is 16.3 Å². The number of fused-ring (bicyclic) bond motifs is 3. The van der Waals surface area contributed by atoms with Crippen molar-refractivity contribution in [2.24, 2.45) is 0 Å². The molecule has 3 heterocycles. The van der Waals surface area contributed by atoms with Crippen LogP contribution in [0.4, 0.5) is 0 Å². The van der Waals surface area contributed by atoms with Gasteiger partial charge in [0, 0.05) is 0 Å². The second kappa shape index (κ2) is 2.41. The molecule has 0 aromatic carbocycles. The van der Waals surface area contributed by atoms with Gasteiger partial charge in [0.25, 0.3) is 0 Å². The van der Waals surface area contributed by atoms with E-state index in [9.17, 15) is 0 Å². The van der Waals surface area contributed by atoms with Gasteiger partial charge in [-0.05, 0) is 27.7 Å². The monoisotopic (exact) mass is 223 g/mol. The minimum absolute atomic E-state index is 0.313. The molecule has 0 spiro atoms. The zero-order chi connectivity index (χ0) is 10.8. The minimum Gasteiger partial charge on any atom is -0.357 e. The van der Waals surface area contributed by atoms with Gasteiger partial charge in [0.1, 0.15) is 22.4 Å². The molecular formula is C10H13N3OS. The van der Waals surface area contributed by atoms with Gasteiger partial charge in [0.15, 0.2) is 0 Å². The van der Waals surface area contributed by atoms with Crippen LogP contribution in [0.5, 0.6) is 0 Å². The molecule has 4 nitrogen and oxygen atoms in total. The normalized spacial score (nSPS) is 22.1. The second-order valence-electron chi connectivity index (χ2n) is 4.86. The van der Waals surface area contributed by atoms with Crippen LogP contribution >= 0.6 is 11.3 Å². The van der Waals surface area contributed by atoms with Crippen molar-refractivity contribution in [3.8, 4) is 0 Å². The zero-order valence-electron chi connectivity index (χ0n) is 9.24. The summed E-state index contributed by atoms with van der Waals surface area (Å²) in [6.07, 6.45) is 0. The van der Waals surface area contributed by atoms with Crippen LogP contribution in [0.1, 0.15) is 39.1 Å². The van der Waals surface area contributed by atoms with Gasteiger partial charge in [-0.2, -0.15) is 5.10 Å². The van der Waals surface area contributed by atoms with Crippen LogP contribution in [-0.4, -0.2) is 14.6 Å². The van der Waals surface area contributed by atoms with E-state index in [0.29, 0.717) is 0 Å². The van der Waals surface area contributed by atoms with E-state index in [0.717, 1.165) is 16.3 Å². The maximum absolute atomic E-state index is 6.01. The molecule has 1 aliphatic rings. The predicted octanol–water partition coefficient (Wildman–Crippen LogP) is 2.29. The molecular weight excluding hydrogens is 210 g/mol. The second-order valence-corrected chi connectivity index (χ2v) is 5.68. The molecule has 1 aliphatic heterocycles. The number of nitrogens with zero attached hydrogens (tertiary/aromatic N) is 3. The summed E-state index contributed by atoms with van der Waals surface area (Å²) in [6.45, 7) is 8.23. The quantitative estimate of drug-likeness (QED) is 0.688. The maximum atomic E-state index is 6.01. The molecule has 0 unspecified atom stereocenters. The van der Waals surface area contributed by atoms with Crippen LogP contribution in [-0.2, 0) is 15.9 Å². The lowest BCUT2D eigenvalue weighted by Crippen LogP contribution is -2.24. The highest BCUT2D eigenvalue weighted by atomic mass is 32.1. The number of ether oxygens (including phenoxy) is 1. The first-order valence-corrected chi connectivity index (χ1v) is 5.83. The first kappa shape index (κ1) is 9.30. The van der Waals surface area contributed by atoms with Crippen LogP contribution in [0.15, 0.2) is 5.51 Å². The van der Waals surface area contributed by atoms with Crippen molar-refractivity contribution in [1.82, 2.24) is 14.6 Å². The molecule has 15 heavy (non-hydrogen) atoms. The van der Waals surface area contributed by atoms with Gasteiger partial charge in [0.05, 0.1) is 5.69 Å². The van der Waals surface area contributed by atoms with Crippen LogP contribution in [0.25, 0.3) is 4.96 Å². The number of hydrogen-bond acceptors (Lipinski definition) is 4. The lowest BCUT2D eigenvalue weighted by molar-refractivity contribution is -0.108. The van der Waals surface area contributed by atoms with Crippen molar-refractivity contribution < 1.29 is 4.74 Å². The zero-order valence-corrected chi connectivity index (χ0v) is 10.1. The predicted molar refractivity (Wildman–Crippen MR) is 58.0 cm³/mol. The van der Waals surface area contributed by atoms with Crippen molar-refractivity contribution in [2.45, 2.75) is 38.9 Å². The van der Waals surface area contributed by atoms with Gasteiger partial charge in [0.2, 0.25) is 4.96 Å². The highest BCUT2D eigenvalue weighted by Gasteiger charge is 2.47. The molecule has 80 valence electrons. The van der Waals surface area contributed by atoms with Gasteiger partial charge >= 0.3 is 0 Å². The van der Waals surface area contributed by atoms with Crippen LogP contribution in [0.3, 0.4) is 0 Å². The van der Waals surface area contributed by atoms with Gasteiger partial charge in [-0.3, -0.25) is 0 Å². The SMILES string of the molecule is CC1(C)OC(C)(C)c2c1nc1scnn21. The fraction of sp³-hybridized carbons (Fsp3) is 0.600. The fourth-order valence-electron chi connectivity index (χ4n) is 2.39. The summed E-state index contributed by atoms with van der Waals surface area (Å²) in [7, 11) is 0. The van der Waals surface area contributed by atoms with E-state index >= 15 is 0 Å². The van der Waals surface area contributed by atoms with E-state index in [4.69, 9.17) is 4.74 Å². The Hall–Kier alpha value is -0.940. The number of aromatic nitrogens is 3. The van der Waals surface area contributed by atoms with E-state index in [1.165, 1.54) is 0 Å². The highest BCUT2D eigenvalue weighted by Crippen LogP contribution is 2.46. The Morgan fingerprint density at radius 3 is 2.73 bits per heavy atom. The molecule has 0 saturated heterocycles. The van der Waals surface area contributed by atoms with Crippen LogP contribution in [0.2, 0.25) is 0 Å². The van der Waals surface area contributed by atoms with E-state index in [1.54, 1.807) is 11.3 Å². The number of imidazole rings is 1. The van der Waals surface area contributed by atoms with Crippen molar-refractivity contribution in [2.75, 3.05) is 0 Å². The summed E-state index contributed by atoms with van der Waals surface area (Å²) in [4.78, 5) is 5.54. The van der Waals surface area contributed by atoms with Crippen LogP contribution < -0.4 is 0 Å². The molecule has 0 saturated carbocycles. The summed E-state index contributed by atoms with van der Waals surface area (Å²) >= 11 is 1.56. The molecule has 0 N–H and O–H groups in total. The summed E-state index contributed by atoms with van der Waals surface area (Å²) in [5, 5.41) is 4.30. The largest absolute Gasteiger partial charge is 0.357 e. The third kappa shape index (κ3) is 1.05.